The number of hydrogen-bond acceptors (Lipinski definition) is 3. The normalized spacial score (nSPS) is 16.4. The monoisotopic (exact) mass is 380 g/mol. The molecule has 1 heterocycles. The van der Waals surface area contributed by atoms with Crippen LogP contribution in [0.2, 0.25) is 0 Å². The number of rotatable bonds is 8. The van der Waals surface area contributed by atoms with Crippen LogP contribution in [0.25, 0.3) is 0 Å². The van der Waals surface area contributed by atoms with Gasteiger partial charge in [0.25, 0.3) is 5.91 Å². The lowest BCUT2D eigenvalue weighted by molar-refractivity contribution is 0.0783. The highest BCUT2D eigenvalue weighted by molar-refractivity contribution is 5.94. The van der Waals surface area contributed by atoms with Gasteiger partial charge in [-0.25, -0.2) is 0 Å². The summed E-state index contributed by atoms with van der Waals surface area (Å²) in [5.74, 6) is 2.04. The van der Waals surface area contributed by atoms with Gasteiger partial charge in [0.1, 0.15) is 5.75 Å². The Morgan fingerprint density at radius 1 is 1.21 bits per heavy atom. The Hall–Kier alpha value is -2.33. The smallest absolute Gasteiger partial charge is 0.253 e. The molecule has 0 aromatic heterocycles. The zero-order chi connectivity index (χ0) is 19.9. The van der Waals surface area contributed by atoms with Crippen LogP contribution in [0.1, 0.15) is 41.8 Å². The summed E-state index contributed by atoms with van der Waals surface area (Å²) in [6.45, 7) is 7.64. The van der Waals surface area contributed by atoms with Gasteiger partial charge in [0, 0.05) is 24.7 Å². The van der Waals surface area contributed by atoms with E-state index in [1.165, 1.54) is 12.0 Å². The average molecular weight is 381 g/mol. The highest BCUT2D eigenvalue weighted by Crippen LogP contribution is 2.22. The predicted octanol–water partition coefficient (Wildman–Crippen LogP) is 4.15. The Morgan fingerprint density at radius 3 is 2.79 bits per heavy atom. The lowest BCUT2D eigenvalue weighted by Crippen LogP contribution is -2.26. The molecule has 1 aliphatic heterocycles. The summed E-state index contributed by atoms with van der Waals surface area (Å²) in [4.78, 5) is 14.8. The summed E-state index contributed by atoms with van der Waals surface area (Å²) < 4.78 is 5.93. The van der Waals surface area contributed by atoms with Gasteiger partial charge < -0.3 is 15.0 Å². The molecule has 4 nitrogen and oxygen atoms in total. The number of nitrogens with zero attached hydrogens (tertiary/aromatic N) is 1. The van der Waals surface area contributed by atoms with Crippen molar-refractivity contribution >= 4 is 5.91 Å². The van der Waals surface area contributed by atoms with Crippen molar-refractivity contribution in [2.24, 2.45) is 11.8 Å². The lowest BCUT2D eigenvalue weighted by Gasteiger charge is -2.20. The predicted molar refractivity (Wildman–Crippen MR) is 114 cm³/mol. The van der Waals surface area contributed by atoms with Gasteiger partial charge in [-0.1, -0.05) is 44.2 Å². The van der Waals surface area contributed by atoms with Crippen LogP contribution >= 0.6 is 0 Å². The third-order valence-electron chi connectivity index (χ3n) is 5.16. The van der Waals surface area contributed by atoms with Crippen LogP contribution < -0.4 is 10.1 Å². The second kappa shape index (κ2) is 9.74. The summed E-state index contributed by atoms with van der Waals surface area (Å²) in [6.07, 6.45) is 2.24. The summed E-state index contributed by atoms with van der Waals surface area (Å²) >= 11 is 0. The van der Waals surface area contributed by atoms with Crippen molar-refractivity contribution in [1.29, 1.82) is 0 Å². The third-order valence-corrected chi connectivity index (χ3v) is 5.16. The molecule has 150 valence electrons. The largest absolute Gasteiger partial charge is 0.493 e. The van der Waals surface area contributed by atoms with Gasteiger partial charge in [-0.2, -0.15) is 0 Å². The van der Waals surface area contributed by atoms with Crippen LogP contribution in [0.15, 0.2) is 48.5 Å². The van der Waals surface area contributed by atoms with Crippen molar-refractivity contribution in [3.05, 3.63) is 65.2 Å². The van der Waals surface area contributed by atoms with E-state index in [2.05, 4.69) is 31.3 Å². The molecule has 4 heteroatoms. The molecule has 0 aliphatic carbocycles. The molecule has 1 N–H and O–H groups in total. The van der Waals surface area contributed by atoms with Gasteiger partial charge >= 0.3 is 0 Å². The zero-order valence-electron chi connectivity index (χ0n) is 17.3. The van der Waals surface area contributed by atoms with Gasteiger partial charge in [-0.3, -0.25) is 4.79 Å². The molecule has 0 spiro atoms. The minimum Gasteiger partial charge on any atom is -0.493 e. The van der Waals surface area contributed by atoms with E-state index in [9.17, 15) is 4.79 Å². The molecule has 1 fully saturated rings. The van der Waals surface area contributed by atoms with E-state index < -0.39 is 0 Å². The number of hydrogen-bond donors (Lipinski definition) is 1. The first-order valence-electron chi connectivity index (χ1n) is 10.3. The molecule has 2 aromatic carbocycles. The molecule has 2 aromatic rings. The maximum Gasteiger partial charge on any atom is 0.253 e. The first kappa shape index (κ1) is 20.4. The number of nitrogens with one attached hydrogen (secondary N) is 1. The summed E-state index contributed by atoms with van der Waals surface area (Å²) in [5.41, 5.74) is 3.03. The summed E-state index contributed by atoms with van der Waals surface area (Å²) in [7, 11) is 1.86. The highest BCUT2D eigenvalue weighted by atomic mass is 16.5. The van der Waals surface area contributed by atoms with E-state index in [4.69, 9.17) is 4.74 Å². The molecule has 1 saturated heterocycles. The number of para-hydroxylation sites is 1. The summed E-state index contributed by atoms with van der Waals surface area (Å²) in [6, 6.07) is 16.1. The first-order chi connectivity index (χ1) is 13.5. The van der Waals surface area contributed by atoms with Crippen LogP contribution in [0, 0.1) is 11.8 Å². The molecule has 1 amide bonds. The minimum absolute atomic E-state index is 0.0464. The van der Waals surface area contributed by atoms with Gasteiger partial charge in [-0.05, 0) is 61.5 Å². The third kappa shape index (κ3) is 5.59. The van der Waals surface area contributed by atoms with Crippen molar-refractivity contribution in [3.63, 3.8) is 0 Å². The van der Waals surface area contributed by atoms with E-state index in [1.807, 2.05) is 43.4 Å². The van der Waals surface area contributed by atoms with Crippen LogP contribution in [0.3, 0.4) is 0 Å². The maximum absolute atomic E-state index is 13.0. The Kier molecular flexibility index (Phi) is 7.10. The fraction of sp³-hybridized carbons (Fsp3) is 0.458. The van der Waals surface area contributed by atoms with Gasteiger partial charge in [0.2, 0.25) is 0 Å². The van der Waals surface area contributed by atoms with Crippen molar-refractivity contribution in [2.75, 3.05) is 26.7 Å². The molecular weight excluding hydrogens is 348 g/mol. The fourth-order valence-electron chi connectivity index (χ4n) is 3.63. The van der Waals surface area contributed by atoms with Crippen LogP contribution in [0.5, 0.6) is 5.75 Å². The molecule has 1 aliphatic rings. The topological polar surface area (TPSA) is 41.6 Å². The van der Waals surface area contributed by atoms with E-state index in [0.717, 1.165) is 36.4 Å². The standard InChI is InChI=1S/C24H32N2O2/c1-18(2)17-28-23-10-5-4-8-22(23)16-26(3)24(27)21-9-6-7-19(14-21)13-20-11-12-25-15-20/h4-10,14,18,20,25H,11-13,15-17H2,1-3H3. The van der Waals surface area contributed by atoms with Crippen molar-refractivity contribution in [1.82, 2.24) is 10.2 Å². The number of carbonyl (C=O) groups excluding carboxylic acids is 1. The van der Waals surface area contributed by atoms with E-state index in [1.54, 1.807) is 4.90 Å². The molecule has 0 bridgehead atoms. The van der Waals surface area contributed by atoms with Gasteiger partial charge in [0.05, 0.1) is 6.61 Å². The Labute approximate surface area is 168 Å². The number of benzene rings is 2. The number of amides is 1. The summed E-state index contributed by atoms with van der Waals surface area (Å²) in [5, 5.41) is 3.41. The quantitative estimate of drug-likeness (QED) is 0.748. The maximum atomic E-state index is 13.0. The SMILES string of the molecule is CC(C)COc1ccccc1CN(C)C(=O)c1cccc(CC2CCNC2)c1. The van der Waals surface area contributed by atoms with Gasteiger partial charge in [0.15, 0.2) is 0 Å². The lowest BCUT2D eigenvalue weighted by atomic mass is 9.97. The molecule has 3 rings (SSSR count). The van der Waals surface area contributed by atoms with Crippen LogP contribution in [-0.4, -0.2) is 37.6 Å². The minimum atomic E-state index is 0.0464. The highest BCUT2D eigenvalue weighted by Gasteiger charge is 2.17. The molecule has 28 heavy (non-hydrogen) atoms. The van der Waals surface area contributed by atoms with E-state index >= 15 is 0 Å². The van der Waals surface area contributed by atoms with E-state index in [0.29, 0.717) is 25.0 Å². The number of carbonyl (C=O) groups is 1. The Balaban J connectivity index is 1.66. The molecule has 1 unspecified atom stereocenters. The second-order valence-electron chi connectivity index (χ2n) is 8.24. The molecule has 0 radical (unpaired) electrons. The van der Waals surface area contributed by atoms with E-state index in [-0.39, 0.29) is 5.91 Å². The first-order valence-corrected chi connectivity index (χ1v) is 10.3. The molecule has 0 saturated carbocycles. The van der Waals surface area contributed by atoms with Crippen molar-refractivity contribution < 1.29 is 9.53 Å². The number of ether oxygens (including phenoxy) is 1. The Morgan fingerprint density at radius 2 is 2.04 bits per heavy atom. The molecular formula is C24H32N2O2. The molecule has 1 atom stereocenters. The fourth-order valence-corrected chi connectivity index (χ4v) is 3.63. The Bertz CT molecular complexity index is 782. The second-order valence-corrected chi connectivity index (χ2v) is 8.24. The van der Waals surface area contributed by atoms with Crippen LogP contribution in [-0.2, 0) is 13.0 Å². The van der Waals surface area contributed by atoms with Crippen molar-refractivity contribution in [2.45, 2.75) is 33.2 Å². The zero-order valence-corrected chi connectivity index (χ0v) is 17.3. The van der Waals surface area contributed by atoms with Gasteiger partial charge in [-0.15, -0.1) is 0 Å². The van der Waals surface area contributed by atoms with Crippen LogP contribution in [0.4, 0.5) is 0 Å². The average Bonchev–Trinajstić information content (AvgIpc) is 3.20. The van der Waals surface area contributed by atoms with Crippen molar-refractivity contribution in [3.8, 4) is 5.75 Å².